The first-order chi connectivity index (χ1) is 14.3. The Morgan fingerprint density at radius 2 is 1.80 bits per heavy atom. The molecular formula is C23H24N2O5. The van der Waals surface area contributed by atoms with Gasteiger partial charge in [0, 0.05) is 11.6 Å². The molecule has 30 heavy (non-hydrogen) atoms. The van der Waals surface area contributed by atoms with Crippen LogP contribution in [0, 0.1) is 11.8 Å². The summed E-state index contributed by atoms with van der Waals surface area (Å²) < 4.78 is 5.44. The predicted molar refractivity (Wildman–Crippen MR) is 110 cm³/mol. The van der Waals surface area contributed by atoms with Crippen LogP contribution >= 0.6 is 0 Å². The van der Waals surface area contributed by atoms with E-state index in [-0.39, 0.29) is 0 Å². The van der Waals surface area contributed by atoms with Crippen molar-refractivity contribution in [1.29, 1.82) is 0 Å². The van der Waals surface area contributed by atoms with Crippen LogP contribution < -0.4 is 15.0 Å². The molecule has 7 nitrogen and oxygen atoms in total. The van der Waals surface area contributed by atoms with E-state index in [4.69, 9.17) is 4.74 Å². The molecule has 4 unspecified atom stereocenters. The van der Waals surface area contributed by atoms with Gasteiger partial charge >= 0.3 is 5.97 Å². The molecule has 0 saturated carbocycles. The van der Waals surface area contributed by atoms with Crippen molar-refractivity contribution < 1.29 is 24.2 Å². The summed E-state index contributed by atoms with van der Waals surface area (Å²) in [6, 6.07) is 13.7. The van der Waals surface area contributed by atoms with Crippen LogP contribution in [-0.2, 0) is 20.8 Å². The highest BCUT2D eigenvalue weighted by atomic mass is 16.5. The number of hydrogen-bond acceptors (Lipinski definition) is 5. The van der Waals surface area contributed by atoms with Crippen LogP contribution in [0.4, 0.5) is 5.69 Å². The van der Waals surface area contributed by atoms with Gasteiger partial charge in [0.1, 0.15) is 11.3 Å². The van der Waals surface area contributed by atoms with Gasteiger partial charge < -0.3 is 9.84 Å². The first-order valence-electron chi connectivity index (χ1n) is 9.94. The van der Waals surface area contributed by atoms with E-state index in [9.17, 15) is 19.5 Å². The third-order valence-electron chi connectivity index (χ3n) is 6.31. The van der Waals surface area contributed by atoms with Gasteiger partial charge in [-0.1, -0.05) is 37.3 Å². The van der Waals surface area contributed by atoms with Crippen LogP contribution in [0.2, 0.25) is 0 Å². The lowest BCUT2D eigenvalue weighted by atomic mass is 9.80. The Hall–Kier alpha value is -3.19. The number of anilines is 1. The number of carbonyl (C=O) groups excluding carboxylic acids is 2. The largest absolute Gasteiger partial charge is 0.496 e. The van der Waals surface area contributed by atoms with Crippen molar-refractivity contribution >= 4 is 23.5 Å². The van der Waals surface area contributed by atoms with Crippen LogP contribution in [0.15, 0.2) is 48.5 Å². The monoisotopic (exact) mass is 408 g/mol. The quantitative estimate of drug-likeness (QED) is 0.739. The lowest BCUT2D eigenvalue weighted by molar-refractivity contribution is -0.147. The van der Waals surface area contributed by atoms with Crippen LogP contribution in [0.3, 0.4) is 0 Å². The number of carbonyl (C=O) groups is 3. The molecule has 156 valence electrons. The molecule has 4 rings (SSSR count). The van der Waals surface area contributed by atoms with Gasteiger partial charge in [0.15, 0.2) is 0 Å². The molecule has 4 atom stereocenters. The van der Waals surface area contributed by atoms with Crippen LogP contribution in [0.1, 0.15) is 31.0 Å². The second-order valence-corrected chi connectivity index (χ2v) is 7.91. The fraction of sp³-hybridized carbons (Fsp3) is 0.348. The van der Waals surface area contributed by atoms with Crippen molar-refractivity contribution in [2.45, 2.75) is 31.8 Å². The first-order valence-corrected chi connectivity index (χ1v) is 9.94. The summed E-state index contributed by atoms with van der Waals surface area (Å²) in [5.74, 6) is -3.40. The van der Waals surface area contributed by atoms with E-state index in [0.29, 0.717) is 17.0 Å². The summed E-state index contributed by atoms with van der Waals surface area (Å²) in [5, 5.41) is 13.0. The lowest BCUT2D eigenvalue weighted by Gasteiger charge is -2.27. The number of carboxylic acids is 1. The number of amides is 2. The van der Waals surface area contributed by atoms with E-state index in [1.54, 1.807) is 36.4 Å². The molecule has 0 spiro atoms. The number of rotatable bonds is 5. The third-order valence-corrected chi connectivity index (χ3v) is 6.31. The number of carboxylic acid groups (broad SMARTS) is 1. The number of fused-ring (bicyclic) bond motifs is 1. The second kappa shape index (κ2) is 7.25. The van der Waals surface area contributed by atoms with E-state index >= 15 is 0 Å². The topological polar surface area (TPSA) is 95.9 Å². The summed E-state index contributed by atoms with van der Waals surface area (Å²) >= 11 is 0. The standard InChI is InChI=1S/C23H24N2O5/c1-4-13-9-11-14(12-10-13)25-20(26)17-18(21(25)27)23(2,22(28)29)24-19(17)15-7-5-6-8-16(15)30-3/h5-12,17-19,24H,4H2,1-3H3,(H,28,29). The van der Waals surface area contributed by atoms with Crippen molar-refractivity contribution in [1.82, 2.24) is 5.32 Å². The van der Waals surface area contributed by atoms with E-state index in [2.05, 4.69) is 5.32 Å². The maximum absolute atomic E-state index is 13.5. The number of aryl methyl sites for hydroxylation is 1. The van der Waals surface area contributed by atoms with E-state index in [0.717, 1.165) is 16.9 Å². The van der Waals surface area contributed by atoms with Gasteiger partial charge in [-0.15, -0.1) is 0 Å². The molecule has 2 aromatic carbocycles. The number of methoxy groups -OCH3 is 1. The van der Waals surface area contributed by atoms with Crippen molar-refractivity contribution in [3.8, 4) is 5.75 Å². The van der Waals surface area contributed by atoms with Crippen LogP contribution in [-0.4, -0.2) is 35.5 Å². The minimum absolute atomic E-state index is 0.400. The minimum atomic E-state index is -1.58. The Labute approximate surface area is 174 Å². The van der Waals surface area contributed by atoms with Gasteiger partial charge in [-0.25, -0.2) is 4.90 Å². The van der Waals surface area contributed by atoms with E-state index in [1.807, 2.05) is 19.1 Å². The highest BCUT2D eigenvalue weighted by Gasteiger charge is 2.67. The van der Waals surface area contributed by atoms with Crippen molar-refractivity contribution in [3.63, 3.8) is 0 Å². The summed E-state index contributed by atoms with van der Waals surface area (Å²) in [6.07, 6.45) is 0.838. The molecule has 2 saturated heterocycles. The zero-order chi connectivity index (χ0) is 21.6. The van der Waals surface area contributed by atoms with Gasteiger partial charge in [0.25, 0.3) is 0 Å². The molecule has 0 aromatic heterocycles. The molecule has 0 bridgehead atoms. The van der Waals surface area contributed by atoms with Crippen molar-refractivity contribution in [2.75, 3.05) is 12.0 Å². The normalized spacial score (nSPS) is 28.0. The van der Waals surface area contributed by atoms with Crippen LogP contribution in [0.5, 0.6) is 5.75 Å². The molecule has 2 aliphatic heterocycles. The highest BCUT2D eigenvalue weighted by Crippen LogP contribution is 2.51. The third kappa shape index (κ3) is 2.81. The van der Waals surface area contributed by atoms with Gasteiger partial charge in [0.05, 0.1) is 24.6 Å². The SMILES string of the molecule is CCc1ccc(N2C(=O)C3C(c4ccccc4OC)NC(C)(C(=O)O)C3C2=O)cc1. The summed E-state index contributed by atoms with van der Waals surface area (Å²) in [7, 11) is 1.52. The number of imide groups is 1. The van der Waals surface area contributed by atoms with E-state index < -0.39 is 41.2 Å². The number of para-hydroxylation sites is 1. The highest BCUT2D eigenvalue weighted by molar-refractivity contribution is 6.24. The number of ether oxygens (including phenoxy) is 1. The molecule has 2 N–H and O–H groups in total. The number of aliphatic carboxylic acids is 1. The van der Waals surface area contributed by atoms with E-state index in [1.165, 1.54) is 14.0 Å². The minimum Gasteiger partial charge on any atom is -0.496 e. The molecule has 2 amide bonds. The zero-order valence-corrected chi connectivity index (χ0v) is 17.1. The second-order valence-electron chi connectivity index (χ2n) is 7.91. The smallest absolute Gasteiger partial charge is 0.324 e. The summed E-state index contributed by atoms with van der Waals surface area (Å²) in [5.41, 5.74) is 0.621. The van der Waals surface area contributed by atoms with Gasteiger partial charge in [-0.2, -0.15) is 0 Å². The molecule has 0 aliphatic carbocycles. The van der Waals surface area contributed by atoms with Gasteiger partial charge in [-0.3, -0.25) is 19.7 Å². The molecule has 0 radical (unpaired) electrons. The van der Waals surface area contributed by atoms with Crippen LogP contribution in [0.25, 0.3) is 0 Å². The van der Waals surface area contributed by atoms with Gasteiger partial charge in [-0.05, 0) is 37.1 Å². The summed E-state index contributed by atoms with van der Waals surface area (Å²) in [4.78, 5) is 40.2. The average Bonchev–Trinajstić information content (AvgIpc) is 3.22. The molecular weight excluding hydrogens is 384 g/mol. The predicted octanol–water partition coefficient (Wildman–Crippen LogP) is 2.55. The van der Waals surface area contributed by atoms with Gasteiger partial charge in [0.2, 0.25) is 11.8 Å². The average molecular weight is 408 g/mol. The Balaban J connectivity index is 1.82. The number of nitrogens with zero attached hydrogens (tertiary/aromatic N) is 1. The zero-order valence-electron chi connectivity index (χ0n) is 17.1. The summed E-state index contributed by atoms with van der Waals surface area (Å²) in [6.45, 7) is 3.49. The number of hydrogen-bond donors (Lipinski definition) is 2. The Bertz CT molecular complexity index is 1020. The fourth-order valence-corrected chi connectivity index (χ4v) is 4.66. The molecule has 2 aromatic rings. The Morgan fingerprint density at radius 1 is 1.13 bits per heavy atom. The van der Waals surface area contributed by atoms with Crippen molar-refractivity contribution in [3.05, 3.63) is 59.7 Å². The molecule has 2 fully saturated rings. The number of benzene rings is 2. The Morgan fingerprint density at radius 3 is 2.40 bits per heavy atom. The lowest BCUT2D eigenvalue weighted by Crippen LogP contribution is -2.53. The number of nitrogens with one attached hydrogen (secondary N) is 1. The molecule has 2 aliphatic rings. The Kier molecular flexibility index (Phi) is 4.86. The molecule has 2 heterocycles. The fourth-order valence-electron chi connectivity index (χ4n) is 4.66. The maximum Gasteiger partial charge on any atom is 0.324 e. The van der Waals surface area contributed by atoms with Crippen molar-refractivity contribution in [2.24, 2.45) is 11.8 Å². The maximum atomic E-state index is 13.5. The molecule has 7 heteroatoms. The first kappa shape index (κ1) is 20.1.